The number of hydrogen-bond donors (Lipinski definition) is 1. The quantitative estimate of drug-likeness (QED) is 0.478. The number of nitrogens with zero attached hydrogens (tertiary/aromatic N) is 3. The molecule has 1 N–H and O–H groups in total. The maximum atomic E-state index is 8.41. The summed E-state index contributed by atoms with van der Waals surface area (Å²) in [5.41, 5.74) is 0. The van der Waals surface area contributed by atoms with Crippen molar-refractivity contribution in [3.05, 3.63) is 6.33 Å². The van der Waals surface area contributed by atoms with Crippen molar-refractivity contribution in [3.63, 3.8) is 0 Å². The zero-order chi connectivity index (χ0) is 5.28. The van der Waals surface area contributed by atoms with Crippen LogP contribution in [0.15, 0.2) is 6.33 Å². The minimum Gasteiger partial charge on any atom is -0.478 e. The second kappa shape index (κ2) is 1.22. The van der Waals surface area contributed by atoms with E-state index in [1.165, 1.54) is 11.0 Å². The molecule has 0 saturated carbocycles. The third-order valence-electron chi connectivity index (χ3n) is 0.587. The van der Waals surface area contributed by atoms with Gasteiger partial charge in [0.05, 0.1) is 0 Å². The molecule has 0 aromatic carbocycles. The lowest BCUT2D eigenvalue weighted by atomic mass is 11.2. The summed E-state index contributed by atoms with van der Waals surface area (Å²) in [4.78, 5) is 3.42. The van der Waals surface area contributed by atoms with Gasteiger partial charge in [-0.2, -0.15) is 4.98 Å². The van der Waals surface area contributed by atoms with Crippen molar-refractivity contribution in [1.82, 2.24) is 14.8 Å². The van der Waals surface area contributed by atoms with Crippen molar-refractivity contribution < 1.29 is 5.11 Å². The molecule has 0 aliphatic rings. The first kappa shape index (κ1) is 4.11. The van der Waals surface area contributed by atoms with Crippen LogP contribution < -0.4 is 0 Å². The molecule has 0 aliphatic heterocycles. The largest absolute Gasteiger partial charge is 0.478 e. The lowest BCUT2D eigenvalue weighted by Crippen LogP contribution is -1.84. The van der Waals surface area contributed by atoms with Crippen LogP contribution in [-0.2, 0) is 7.05 Å². The number of aromatic hydroxyl groups is 1. The fourth-order valence-corrected chi connectivity index (χ4v) is 0.328. The second-order valence-corrected chi connectivity index (χ2v) is 1.22. The van der Waals surface area contributed by atoms with Crippen LogP contribution in [0.1, 0.15) is 0 Å². The number of rotatable bonds is 0. The number of aryl methyl sites for hydroxylation is 1. The summed E-state index contributed by atoms with van der Waals surface area (Å²) < 4.78 is 1.43. The second-order valence-electron chi connectivity index (χ2n) is 1.22. The molecule has 38 valence electrons. The van der Waals surface area contributed by atoms with Gasteiger partial charge in [0.25, 0.3) is 0 Å². The molecule has 1 heterocycles. The topological polar surface area (TPSA) is 50.9 Å². The van der Waals surface area contributed by atoms with E-state index < -0.39 is 0 Å². The average Bonchev–Trinajstić information content (AvgIpc) is 1.87. The van der Waals surface area contributed by atoms with E-state index in [1.807, 2.05) is 0 Å². The predicted octanol–water partition coefficient (Wildman–Crippen LogP) is -0.479. The van der Waals surface area contributed by atoms with Crippen LogP contribution in [0.5, 0.6) is 6.01 Å². The average molecular weight is 99.1 g/mol. The Balaban J connectivity index is 3.04. The third-order valence-corrected chi connectivity index (χ3v) is 0.587. The smallest absolute Gasteiger partial charge is 0.332 e. The van der Waals surface area contributed by atoms with E-state index in [2.05, 4.69) is 10.1 Å². The van der Waals surface area contributed by atoms with Gasteiger partial charge in [-0.1, -0.05) is 0 Å². The molecule has 1 aromatic rings. The van der Waals surface area contributed by atoms with Crippen LogP contribution in [0.3, 0.4) is 0 Å². The molecule has 0 saturated heterocycles. The summed E-state index contributed by atoms with van der Waals surface area (Å²) in [7, 11) is 1.69. The van der Waals surface area contributed by atoms with Gasteiger partial charge >= 0.3 is 6.01 Å². The Labute approximate surface area is 40.4 Å². The Kier molecular flexibility index (Phi) is 0.714. The molecule has 0 fully saturated rings. The minimum absolute atomic E-state index is 0.178. The first-order valence-electron chi connectivity index (χ1n) is 1.83. The van der Waals surface area contributed by atoms with Gasteiger partial charge in [-0.3, -0.25) is 4.68 Å². The van der Waals surface area contributed by atoms with Crippen LogP contribution in [-0.4, -0.2) is 19.9 Å². The Morgan fingerprint density at radius 1 is 1.86 bits per heavy atom. The van der Waals surface area contributed by atoms with Gasteiger partial charge in [0, 0.05) is 7.05 Å². The van der Waals surface area contributed by atoms with E-state index in [9.17, 15) is 0 Å². The normalized spacial score (nSPS) is 9.29. The molecule has 7 heavy (non-hydrogen) atoms. The van der Waals surface area contributed by atoms with Gasteiger partial charge in [0.2, 0.25) is 0 Å². The van der Waals surface area contributed by atoms with Gasteiger partial charge < -0.3 is 5.11 Å². The summed E-state index contributed by atoms with van der Waals surface area (Å²) in [6.45, 7) is 0. The van der Waals surface area contributed by atoms with E-state index in [0.717, 1.165) is 0 Å². The number of hydrogen-bond acceptors (Lipinski definition) is 3. The van der Waals surface area contributed by atoms with Crippen LogP contribution >= 0.6 is 0 Å². The van der Waals surface area contributed by atoms with Crippen molar-refractivity contribution in [2.45, 2.75) is 0 Å². The first-order chi connectivity index (χ1) is 3.29. The van der Waals surface area contributed by atoms with E-state index in [1.54, 1.807) is 7.05 Å². The Morgan fingerprint density at radius 3 is 2.71 bits per heavy atom. The highest BCUT2D eigenvalue weighted by Crippen LogP contribution is 1.90. The summed E-state index contributed by atoms with van der Waals surface area (Å²) >= 11 is 0. The van der Waals surface area contributed by atoms with Gasteiger partial charge in [-0.15, -0.1) is 5.10 Å². The zero-order valence-corrected chi connectivity index (χ0v) is 3.87. The highest BCUT2D eigenvalue weighted by Gasteiger charge is 1.86. The van der Waals surface area contributed by atoms with Crippen LogP contribution in [0.2, 0.25) is 0 Å². The monoisotopic (exact) mass is 99.0 g/mol. The Hall–Kier alpha value is -1.06. The van der Waals surface area contributed by atoms with E-state index in [-0.39, 0.29) is 6.01 Å². The molecular formula is C3H5N3O. The molecular weight excluding hydrogens is 94.1 g/mol. The zero-order valence-electron chi connectivity index (χ0n) is 3.87. The van der Waals surface area contributed by atoms with Gasteiger partial charge in [-0.05, 0) is 0 Å². The molecule has 0 amide bonds. The molecule has 0 bridgehead atoms. The maximum Gasteiger partial charge on any atom is 0.332 e. The Morgan fingerprint density at radius 2 is 2.57 bits per heavy atom. The molecule has 4 nitrogen and oxygen atoms in total. The van der Waals surface area contributed by atoms with Crippen molar-refractivity contribution in [1.29, 1.82) is 0 Å². The number of aromatic nitrogens is 3. The molecule has 0 atom stereocenters. The van der Waals surface area contributed by atoms with Gasteiger partial charge in [-0.25, -0.2) is 0 Å². The summed E-state index contributed by atoms with van der Waals surface area (Å²) in [5.74, 6) is 0. The maximum absolute atomic E-state index is 8.41. The standard InChI is InChI=1S/C3H5N3O/c1-6-2-4-3(7)5-6/h2H,1H3,(H,5,7). The third kappa shape index (κ3) is 0.677. The highest BCUT2D eigenvalue weighted by molar-refractivity contribution is 4.81. The van der Waals surface area contributed by atoms with Crippen molar-refractivity contribution in [2.24, 2.45) is 7.05 Å². The van der Waals surface area contributed by atoms with Crippen molar-refractivity contribution in [3.8, 4) is 6.01 Å². The Bertz CT molecular complexity index is 142. The summed E-state index contributed by atoms with van der Waals surface area (Å²) in [6, 6.07) is -0.178. The lowest BCUT2D eigenvalue weighted by Gasteiger charge is -1.76. The van der Waals surface area contributed by atoms with Crippen molar-refractivity contribution >= 4 is 0 Å². The summed E-state index contributed by atoms with van der Waals surface area (Å²) in [6.07, 6.45) is 1.43. The van der Waals surface area contributed by atoms with E-state index in [0.29, 0.717) is 0 Å². The first-order valence-corrected chi connectivity index (χ1v) is 1.83. The SMILES string of the molecule is Cn1cnc(O)n1. The minimum atomic E-state index is -0.178. The fourth-order valence-electron chi connectivity index (χ4n) is 0.328. The molecule has 1 rings (SSSR count). The van der Waals surface area contributed by atoms with Crippen LogP contribution in [0.25, 0.3) is 0 Å². The van der Waals surface area contributed by atoms with E-state index in [4.69, 9.17) is 5.11 Å². The molecule has 4 heteroatoms. The fraction of sp³-hybridized carbons (Fsp3) is 0.333. The predicted molar refractivity (Wildman–Crippen MR) is 22.7 cm³/mol. The van der Waals surface area contributed by atoms with Crippen molar-refractivity contribution in [2.75, 3.05) is 0 Å². The van der Waals surface area contributed by atoms with Gasteiger partial charge in [0.15, 0.2) is 0 Å². The molecule has 0 spiro atoms. The highest BCUT2D eigenvalue weighted by atomic mass is 16.3. The lowest BCUT2D eigenvalue weighted by molar-refractivity contribution is 0.427. The van der Waals surface area contributed by atoms with Gasteiger partial charge in [0.1, 0.15) is 6.33 Å². The summed E-state index contributed by atoms with van der Waals surface area (Å²) in [5, 5.41) is 11.9. The van der Waals surface area contributed by atoms with Crippen LogP contribution in [0.4, 0.5) is 0 Å². The molecule has 0 radical (unpaired) electrons. The molecule has 1 aromatic heterocycles. The van der Waals surface area contributed by atoms with Crippen LogP contribution in [0, 0.1) is 0 Å². The molecule has 0 unspecified atom stereocenters. The molecule has 0 aliphatic carbocycles. The van der Waals surface area contributed by atoms with E-state index >= 15 is 0 Å².